The van der Waals surface area contributed by atoms with E-state index in [2.05, 4.69) is 55.1 Å². The first-order valence-corrected chi connectivity index (χ1v) is 11.0. The molecule has 2 aromatic heterocycles. The molecule has 1 unspecified atom stereocenters. The molecule has 4 heterocycles. The summed E-state index contributed by atoms with van der Waals surface area (Å²) in [6.45, 7) is 7.26. The number of hydrogen-bond acceptors (Lipinski definition) is 7. The molecule has 3 N–H and O–H groups in total. The van der Waals surface area contributed by atoms with Gasteiger partial charge >= 0.3 is 0 Å². The fraction of sp³-hybridized carbons (Fsp3) is 0.435. The van der Waals surface area contributed by atoms with Crippen molar-refractivity contribution >= 4 is 22.5 Å². The van der Waals surface area contributed by atoms with Gasteiger partial charge in [0, 0.05) is 56.4 Å². The van der Waals surface area contributed by atoms with E-state index in [4.69, 9.17) is 4.98 Å². The van der Waals surface area contributed by atoms with Gasteiger partial charge in [-0.2, -0.15) is 0 Å². The van der Waals surface area contributed by atoms with Gasteiger partial charge in [-0.15, -0.1) is 0 Å². The van der Waals surface area contributed by atoms with E-state index < -0.39 is 0 Å². The summed E-state index contributed by atoms with van der Waals surface area (Å²) in [7, 11) is 0. The number of hydrogen-bond donors (Lipinski definition) is 3. The number of nitrogens with one attached hydrogen (secondary N) is 3. The van der Waals surface area contributed by atoms with E-state index in [1.54, 1.807) is 12.4 Å². The van der Waals surface area contributed by atoms with E-state index in [0.29, 0.717) is 5.92 Å². The minimum atomic E-state index is 0.620. The van der Waals surface area contributed by atoms with Gasteiger partial charge in [0.25, 0.3) is 0 Å². The van der Waals surface area contributed by atoms with Crippen LogP contribution in [0.3, 0.4) is 0 Å². The van der Waals surface area contributed by atoms with Gasteiger partial charge in [-0.1, -0.05) is 12.1 Å². The van der Waals surface area contributed by atoms with Gasteiger partial charge in [-0.25, -0.2) is 9.97 Å². The van der Waals surface area contributed by atoms with Gasteiger partial charge < -0.3 is 20.9 Å². The van der Waals surface area contributed by atoms with Crippen molar-refractivity contribution in [1.29, 1.82) is 0 Å². The summed E-state index contributed by atoms with van der Waals surface area (Å²) in [6.07, 6.45) is 5.96. The van der Waals surface area contributed by atoms with Gasteiger partial charge in [0.2, 0.25) is 0 Å². The Balaban J connectivity index is 1.41. The third kappa shape index (κ3) is 4.22. The third-order valence-corrected chi connectivity index (χ3v) is 6.06. The third-order valence-electron chi connectivity index (χ3n) is 6.06. The molecule has 0 radical (unpaired) electrons. The molecule has 30 heavy (non-hydrogen) atoms. The quantitative estimate of drug-likeness (QED) is 0.604. The lowest BCUT2D eigenvalue weighted by Gasteiger charge is -2.29. The molecule has 7 nitrogen and oxygen atoms in total. The number of pyridine rings is 1. The van der Waals surface area contributed by atoms with Gasteiger partial charge in [0.05, 0.1) is 11.2 Å². The standard InChI is InChI=1S/C23H29N7/c1-2-17(15-25-7-1)16-28-23-22-21(26-8-9-27-22)14-20(29-23)18-3-5-19(6-4-18)30-12-10-24-11-13-30/h3-6,8-9,14,17,24-25H,1-2,7,10-13,15-16H2,(H,28,29). The van der Waals surface area contributed by atoms with E-state index in [0.717, 1.165) is 73.9 Å². The van der Waals surface area contributed by atoms with Crippen molar-refractivity contribution in [3.63, 3.8) is 0 Å². The molecule has 2 saturated heterocycles. The van der Waals surface area contributed by atoms with Crippen molar-refractivity contribution in [3.8, 4) is 11.3 Å². The van der Waals surface area contributed by atoms with Gasteiger partial charge in [-0.05, 0) is 50.0 Å². The highest BCUT2D eigenvalue weighted by Crippen LogP contribution is 2.27. The summed E-state index contributed by atoms with van der Waals surface area (Å²) in [6, 6.07) is 10.8. The number of rotatable bonds is 5. The monoisotopic (exact) mass is 403 g/mol. The maximum atomic E-state index is 4.94. The van der Waals surface area contributed by atoms with Crippen LogP contribution in [0.5, 0.6) is 0 Å². The molecular weight excluding hydrogens is 374 g/mol. The van der Waals surface area contributed by atoms with Gasteiger partial charge in [-0.3, -0.25) is 4.98 Å². The molecule has 3 aromatic rings. The van der Waals surface area contributed by atoms with E-state index in [-0.39, 0.29) is 0 Å². The Hall–Kier alpha value is -2.77. The Morgan fingerprint density at radius 1 is 1.00 bits per heavy atom. The van der Waals surface area contributed by atoms with Crippen LogP contribution in [0.2, 0.25) is 0 Å². The van der Waals surface area contributed by atoms with Crippen LogP contribution in [0.15, 0.2) is 42.7 Å². The number of piperazine rings is 1. The molecule has 2 fully saturated rings. The van der Waals surface area contributed by atoms with Crippen LogP contribution in [-0.2, 0) is 0 Å². The molecule has 1 aromatic carbocycles. The molecule has 0 saturated carbocycles. The van der Waals surface area contributed by atoms with E-state index >= 15 is 0 Å². The highest BCUT2D eigenvalue weighted by Gasteiger charge is 2.16. The van der Waals surface area contributed by atoms with E-state index in [9.17, 15) is 0 Å². The number of piperidine rings is 1. The summed E-state index contributed by atoms with van der Waals surface area (Å²) in [5, 5.41) is 10.4. The average Bonchev–Trinajstić information content (AvgIpc) is 2.84. The highest BCUT2D eigenvalue weighted by molar-refractivity contribution is 5.88. The second-order valence-electron chi connectivity index (χ2n) is 8.16. The topological polar surface area (TPSA) is 78.0 Å². The SMILES string of the molecule is c1cnc2c(NCC3CCCNC3)nc(-c3ccc(N4CCNCC4)cc3)cc2n1. The zero-order valence-corrected chi connectivity index (χ0v) is 17.3. The van der Waals surface area contributed by atoms with Crippen molar-refractivity contribution in [2.75, 3.05) is 56.0 Å². The predicted octanol–water partition coefficient (Wildman–Crippen LogP) is 2.51. The number of anilines is 2. The molecule has 156 valence electrons. The normalized spacial score (nSPS) is 19.7. The van der Waals surface area contributed by atoms with Gasteiger partial charge in [0.1, 0.15) is 5.52 Å². The van der Waals surface area contributed by atoms with Crippen LogP contribution in [0.25, 0.3) is 22.3 Å². The van der Waals surface area contributed by atoms with Crippen LogP contribution in [0.1, 0.15) is 12.8 Å². The number of nitrogens with zero attached hydrogens (tertiary/aromatic N) is 4. The van der Waals surface area contributed by atoms with Gasteiger partial charge in [0.15, 0.2) is 5.82 Å². The van der Waals surface area contributed by atoms with Crippen LogP contribution in [0, 0.1) is 5.92 Å². The van der Waals surface area contributed by atoms with Crippen molar-refractivity contribution in [1.82, 2.24) is 25.6 Å². The van der Waals surface area contributed by atoms with Crippen molar-refractivity contribution in [2.45, 2.75) is 12.8 Å². The van der Waals surface area contributed by atoms with Crippen LogP contribution in [0.4, 0.5) is 11.5 Å². The average molecular weight is 404 g/mol. The van der Waals surface area contributed by atoms with E-state index in [1.807, 2.05) is 6.07 Å². The molecule has 2 aliphatic heterocycles. The summed E-state index contributed by atoms with van der Waals surface area (Å²) in [4.78, 5) is 16.4. The lowest BCUT2D eigenvalue weighted by molar-refractivity contribution is 0.392. The Bertz CT molecular complexity index is 977. The number of aromatic nitrogens is 3. The lowest BCUT2D eigenvalue weighted by atomic mass is 10.00. The minimum Gasteiger partial charge on any atom is -0.369 e. The van der Waals surface area contributed by atoms with Crippen LogP contribution in [-0.4, -0.2) is 60.8 Å². The maximum absolute atomic E-state index is 4.94. The smallest absolute Gasteiger partial charge is 0.154 e. The first kappa shape index (κ1) is 19.2. The Kier molecular flexibility index (Phi) is 5.72. The summed E-state index contributed by atoms with van der Waals surface area (Å²) >= 11 is 0. The molecule has 1 atom stereocenters. The zero-order chi connectivity index (χ0) is 20.2. The number of fused-ring (bicyclic) bond motifs is 1. The van der Waals surface area contributed by atoms with E-state index in [1.165, 1.54) is 18.5 Å². The fourth-order valence-corrected chi connectivity index (χ4v) is 4.35. The molecular formula is C23H29N7. The number of benzene rings is 1. The Morgan fingerprint density at radius 2 is 1.83 bits per heavy atom. The molecule has 7 heteroatoms. The highest BCUT2D eigenvalue weighted by atomic mass is 15.2. The van der Waals surface area contributed by atoms with Crippen LogP contribution >= 0.6 is 0 Å². The van der Waals surface area contributed by atoms with Crippen molar-refractivity contribution in [3.05, 3.63) is 42.7 Å². The summed E-state index contributed by atoms with van der Waals surface area (Å²) < 4.78 is 0. The predicted molar refractivity (Wildman–Crippen MR) is 122 cm³/mol. The zero-order valence-electron chi connectivity index (χ0n) is 17.3. The Labute approximate surface area is 177 Å². The molecule has 5 rings (SSSR count). The molecule has 0 aliphatic carbocycles. The second kappa shape index (κ2) is 8.93. The minimum absolute atomic E-state index is 0.620. The van der Waals surface area contributed by atoms with Crippen LogP contribution < -0.4 is 20.9 Å². The molecule has 0 amide bonds. The lowest BCUT2D eigenvalue weighted by Crippen LogP contribution is -2.43. The maximum Gasteiger partial charge on any atom is 0.154 e. The molecule has 2 aliphatic rings. The summed E-state index contributed by atoms with van der Waals surface area (Å²) in [5.41, 5.74) is 5.01. The molecule has 0 spiro atoms. The van der Waals surface area contributed by atoms with Crippen molar-refractivity contribution < 1.29 is 0 Å². The van der Waals surface area contributed by atoms with Crippen molar-refractivity contribution in [2.24, 2.45) is 5.92 Å². The summed E-state index contributed by atoms with van der Waals surface area (Å²) in [5.74, 6) is 1.45. The largest absolute Gasteiger partial charge is 0.369 e. The second-order valence-corrected chi connectivity index (χ2v) is 8.16. The molecule has 0 bridgehead atoms. The first-order valence-electron chi connectivity index (χ1n) is 11.0. The first-order chi connectivity index (χ1) is 14.9. The fourth-order valence-electron chi connectivity index (χ4n) is 4.35. The Morgan fingerprint density at radius 3 is 2.63 bits per heavy atom.